The number of aromatic nitrogens is 1. The van der Waals surface area contributed by atoms with Crippen molar-refractivity contribution in [2.75, 3.05) is 26.2 Å². The van der Waals surface area contributed by atoms with Crippen LogP contribution < -0.4 is 0 Å². The van der Waals surface area contributed by atoms with E-state index in [0.29, 0.717) is 17.1 Å². The van der Waals surface area contributed by atoms with E-state index in [4.69, 9.17) is 11.6 Å². The van der Waals surface area contributed by atoms with Gasteiger partial charge in [0.15, 0.2) is 0 Å². The second-order valence-electron chi connectivity index (χ2n) is 7.29. The molecule has 1 saturated carbocycles. The summed E-state index contributed by atoms with van der Waals surface area (Å²) in [6, 6.07) is 6.61. The molecule has 1 aromatic rings. The van der Waals surface area contributed by atoms with Crippen LogP contribution in [0, 0.1) is 11.8 Å². The Kier molecular flexibility index (Phi) is 5.37. The number of halogens is 1. The minimum Gasteiger partial charge on any atom is -0.299 e. The second kappa shape index (κ2) is 7.29. The molecule has 1 atom stereocenters. The van der Waals surface area contributed by atoms with E-state index < -0.39 is 0 Å². The van der Waals surface area contributed by atoms with Crippen molar-refractivity contribution < 1.29 is 0 Å². The van der Waals surface area contributed by atoms with E-state index in [1.807, 2.05) is 12.1 Å². The summed E-state index contributed by atoms with van der Waals surface area (Å²) in [5.74, 6) is 1.68. The Balaban J connectivity index is 1.65. The van der Waals surface area contributed by atoms with Crippen molar-refractivity contribution in [2.24, 2.45) is 11.8 Å². The number of hydrogen-bond donors (Lipinski definition) is 0. The summed E-state index contributed by atoms with van der Waals surface area (Å²) in [7, 11) is 0. The maximum Gasteiger partial charge on any atom is 0.129 e. The summed E-state index contributed by atoms with van der Waals surface area (Å²) in [6.07, 6.45) is 4.14. The van der Waals surface area contributed by atoms with Crippen molar-refractivity contribution in [1.82, 2.24) is 14.8 Å². The van der Waals surface area contributed by atoms with Crippen LogP contribution in [0.5, 0.6) is 0 Å². The lowest BCUT2D eigenvalue weighted by atomic mass is 10.0. The van der Waals surface area contributed by atoms with Crippen molar-refractivity contribution in [2.45, 2.75) is 45.7 Å². The highest BCUT2D eigenvalue weighted by atomic mass is 35.5. The molecule has 1 unspecified atom stereocenters. The quantitative estimate of drug-likeness (QED) is 0.771. The van der Waals surface area contributed by atoms with Crippen LogP contribution in [0.4, 0.5) is 0 Å². The minimum absolute atomic E-state index is 0.600. The van der Waals surface area contributed by atoms with Gasteiger partial charge in [-0.05, 0) is 56.3 Å². The second-order valence-corrected chi connectivity index (χ2v) is 7.68. The number of pyridine rings is 1. The molecule has 2 heterocycles. The van der Waals surface area contributed by atoms with Gasteiger partial charge in [0.25, 0.3) is 0 Å². The molecule has 3 rings (SSSR count). The molecule has 1 aromatic heterocycles. The molecule has 0 spiro atoms. The summed E-state index contributed by atoms with van der Waals surface area (Å²) < 4.78 is 0. The first-order valence-electron chi connectivity index (χ1n) is 8.69. The van der Waals surface area contributed by atoms with Crippen LogP contribution in [0.1, 0.15) is 38.8 Å². The van der Waals surface area contributed by atoms with E-state index in [1.165, 1.54) is 38.9 Å². The normalized spacial score (nSPS) is 24.6. The van der Waals surface area contributed by atoms with Gasteiger partial charge in [0.1, 0.15) is 5.15 Å². The minimum atomic E-state index is 0.600. The van der Waals surface area contributed by atoms with Crippen molar-refractivity contribution in [3.8, 4) is 0 Å². The van der Waals surface area contributed by atoms with Gasteiger partial charge in [0.05, 0.1) is 5.69 Å². The number of rotatable bonds is 5. The molecule has 1 saturated heterocycles. The average molecular weight is 322 g/mol. The molecule has 2 aliphatic rings. The van der Waals surface area contributed by atoms with Crippen LogP contribution in [0.15, 0.2) is 18.2 Å². The van der Waals surface area contributed by atoms with Gasteiger partial charge in [-0.3, -0.25) is 9.80 Å². The van der Waals surface area contributed by atoms with E-state index in [0.717, 1.165) is 24.7 Å². The first-order valence-corrected chi connectivity index (χ1v) is 9.07. The van der Waals surface area contributed by atoms with Crippen LogP contribution in [0.25, 0.3) is 0 Å². The van der Waals surface area contributed by atoms with E-state index >= 15 is 0 Å². The Hall–Kier alpha value is -0.640. The van der Waals surface area contributed by atoms with Gasteiger partial charge in [-0.1, -0.05) is 31.5 Å². The van der Waals surface area contributed by atoms with Crippen LogP contribution in [-0.2, 0) is 6.54 Å². The summed E-state index contributed by atoms with van der Waals surface area (Å²) >= 11 is 6.02. The van der Waals surface area contributed by atoms with Crippen LogP contribution in [0.2, 0.25) is 5.15 Å². The molecular formula is C18H28ClN3. The van der Waals surface area contributed by atoms with Crippen molar-refractivity contribution >= 4 is 11.6 Å². The molecule has 1 aliphatic heterocycles. The standard InChI is InChI=1S/C18H28ClN3/c1-14(2)17-13-21(12-16-5-3-6-18(19)20-16)9-4-10-22(17)11-15-7-8-15/h3,5-6,14-15,17H,4,7-13H2,1-2H3. The lowest BCUT2D eigenvalue weighted by molar-refractivity contribution is 0.131. The zero-order chi connectivity index (χ0) is 15.5. The third-order valence-electron chi connectivity index (χ3n) is 4.95. The largest absolute Gasteiger partial charge is 0.299 e. The molecule has 0 amide bonds. The molecule has 4 heteroatoms. The summed E-state index contributed by atoms with van der Waals surface area (Å²) in [6.45, 7) is 10.5. The monoisotopic (exact) mass is 321 g/mol. The van der Waals surface area contributed by atoms with Crippen LogP contribution in [-0.4, -0.2) is 47.0 Å². The topological polar surface area (TPSA) is 19.4 Å². The first kappa shape index (κ1) is 16.2. The Labute approximate surface area is 139 Å². The fourth-order valence-corrected chi connectivity index (χ4v) is 3.72. The predicted octanol–water partition coefficient (Wildman–Crippen LogP) is 3.68. The fraction of sp³-hybridized carbons (Fsp3) is 0.722. The molecule has 122 valence electrons. The van der Waals surface area contributed by atoms with Gasteiger partial charge in [-0.2, -0.15) is 0 Å². The zero-order valence-corrected chi connectivity index (χ0v) is 14.6. The van der Waals surface area contributed by atoms with Gasteiger partial charge in [-0.15, -0.1) is 0 Å². The van der Waals surface area contributed by atoms with Crippen LogP contribution in [0.3, 0.4) is 0 Å². The van der Waals surface area contributed by atoms with Crippen molar-refractivity contribution in [1.29, 1.82) is 0 Å². The summed E-state index contributed by atoms with van der Waals surface area (Å²) in [5, 5.41) is 0.600. The number of nitrogens with zero attached hydrogens (tertiary/aromatic N) is 3. The summed E-state index contributed by atoms with van der Waals surface area (Å²) in [4.78, 5) is 9.78. The van der Waals surface area contributed by atoms with E-state index in [2.05, 4.69) is 34.7 Å². The molecule has 0 N–H and O–H groups in total. The predicted molar refractivity (Wildman–Crippen MR) is 92.1 cm³/mol. The summed E-state index contributed by atoms with van der Waals surface area (Å²) in [5.41, 5.74) is 1.09. The van der Waals surface area contributed by atoms with Gasteiger partial charge >= 0.3 is 0 Å². The molecule has 22 heavy (non-hydrogen) atoms. The highest BCUT2D eigenvalue weighted by Gasteiger charge is 2.32. The van der Waals surface area contributed by atoms with Crippen molar-refractivity contribution in [3.05, 3.63) is 29.0 Å². The highest BCUT2D eigenvalue weighted by molar-refractivity contribution is 6.29. The zero-order valence-electron chi connectivity index (χ0n) is 13.8. The maximum absolute atomic E-state index is 6.02. The lowest BCUT2D eigenvalue weighted by Gasteiger charge is -2.34. The van der Waals surface area contributed by atoms with E-state index in [9.17, 15) is 0 Å². The van der Waals surface area contributed by atoms with Gasteiger partial charge < -0.3 is 0 Å². The Morgan fingerprint density at radius 2 is 2.09 bits per heavy atom. The molecular weight excluding hydrogens is 294 g/mol. The third-order valence-corrected chi connectivity index (χ3v) is 5.16. The Morgan fingerprint density at radius 1 is 1.27 bits per heavy atom. The van der Waals surface area contributed by atoms with E-state index in [-0.39, 0.29) is 0 Å². The first-order chi connectivity index (χ1) is 10.6. The molecule has 2 fully saturated rings. The molecule has 3 nitrogen and oxygen atoms in total. The van der Waals surface area contributed by atoms with Crippen molar-refractivity contribution in [3.63, 3.8) is 0 Å². The van der Waals surface area contributed by atoms with E-state index in [1.54, 1.807) is 0 Å². The van der Waals surface area contributed by atoms with Crippen LogP contribution >= 0.6 is 11.6 Å². The number of hydrogen-bond acceptors (Lipinski definition) is 3. The highest BCUT2D eigenvalue weighted by Crippen LogP contribution is 2.32. The van der Waals surface area contributed by atoms with Gasteiger partial charge in [-0.25, -0.2) is 4.98 Å². The molecule has 1 aliphatic carbocycles. The Bertz CT molecular complexity index is 487. The van der Waals surface area contributed by atoms with Gasteiger partial charge in [0.2, 0.25) is 0 Å². The molecule has 0 bridgehead atoms. The third kappa shape index (κ3) is 4.43. The SMILES string of the molecule is CC(C)C1CN(Cc2cccc(Cl)n2)CCCN1CC1CC1. The lowest BCUT2D eigenvalue weighted by Crippen LogP contribution is -2.45. The van der Waals surface area contributed by atoms with Gasteiger partial charge in [0, 0.05) is 25.7 Å². The Morgan fingerprint density at radius 3 is 2.77 bits per heavy atom. The molecule has 0 radical (unpaired) electrons. The molecule has 0 aromatic carbocycles. The smallest absolute Gasteiger partial charge is 0.129 e. The average Bonchev–Trinajstić information content (AvgIpc) is 3.28. The maximum atomic E-state index is 6.02. The fourth-order valence-electron chi connectivity index (χ4n) is 3.54.